The van der Waals surface area contributed by atoms with Gasteiger partial charge in [0.25, 0.3) is 0 Å². The van der Waals surface area contributed by atoms with Crippen LogP contribution >= 0.6 is 24.2 Å². The number of aryl methyl sites for hydroxylation is 1. The quantitative estimate of drug-likeness (QED) is 0.550. The Labute approximate surface area is 153 Å². The number of alkyl halides is 3. The summed E-state index contributed by atoms with van der Waals surface area (Å²) in [5.41, 5.74) is 7.84. The molecule has 3 rings (SSSR count). The minimum absolute atomic E-state index is 0.231. The number of nitrogen functional groups attached to an aromatic ring is 1. The summed E-state index contributed by atoms with van der Waals surface area (Å²) in [5.74, 6) is 0.532. The van der Waals surface area contributed by atoms with Crippen LogP contribution in [0.1, 0.15) is 23.6 Å². The van der Waals surface area contributed by atoms with Gasteiger partial charge in [-0.2, -0.15) is 13.2 Å². The Balaban J connectivity index is 2.14. The van der Waals surface area contributed by atoms with Gasteiger partial charge < -0.3 is 10.3 Å². The number of thiol groups is 1. The molecule has 0 saturated heterocycles. The molecular formula is C18H16ClF3N2S. The second-order valence-electron chi connectivity index (χ2n) is 5.82. The van der Waals surface area contributed by atoms with E-state index in [0.29, 0.717) is 27.7 Å². The van der Waals surface area contributed by atoms with Crippen LogP contribution in [0.15, 0.2) is 41.3 Å². The van der Waals surface area contributed by atoms with Gasteiger partial charge >= 0.3 is 6.18 Å². The van der Waals surface area contributed by atoms with Crippen molar-refractivity contribution in [2.24, 2.45) is 0 Å². The van der Waals surface area contributed by atoms with E-state index in [1.165, 1.54) is 6.07 Å². The molecule has 0 saturated carbocycles. The molecule has 0 aliphatic heterocycles. The molecule has 2 aromatic carbocycles. The number of aromatic nitrogens is 1. The van der Waals surface area contributed by atoms with Gasteiger partial charge in [-0.1, -0.05) is 30.7 Å². The molecule has 0 amide bonds. The second-order valence-corrected chi connectivity index (χ2v) is 6.71. The van der Waals surface area contributed by atoms with E-state index in [1.807, 2.05) is 13.0 Å². The van der Waals surface area contributed by atoms with Crippen LogP contribution in [0.5, 0.6) is 0 Å². The average Bonchev–Trinajstić information content (AvgIpc) is 2.79. The maximum atomic E-state index is 12.9. The highest BCUT2D eigenvalue weighted by Gasteiger charge is 2.30. The number of benzene rings is 2. The van der Waals surface area contributed by atoms with Gasteiger partial charge in [-0.3, -0.25) is 0 Å². The molecule has 132 valence electrons. The summed E-state index contributed by atoms with van der Waals surface area (Å²) in [6.07, 6.45) is -3.67. The lowest BCUT2D eigenvalue weighted by Crippen LogP contribution is -2.08. The molecule has 7 heteroatoms. The van der Waals surface area contributed by atoms with E-state index in [-0.39, 0.29) is 6.54 Å². The molecule has 0 atom stereocenters. The van der Waals surface area contributed by atoms with Crippen molar-refractivity contribution in [3.05, 3.63) is 58.1 Å². The lowest BCUT2D eigenvalue weighted by Gasteiger charge is -2.12. The van der Waals surface area contributed by atoms with Crippen molar-refractivity contribution >= 4 is 41.0 Å². The number of anilines is 1. The first-order valence-electron chi connectivity index (χ1n) is 7.67. The van der Waals surface area contributed by atoms with Crippen molar-refractivity contribution in [2.75, 3.05) is 5.73 Å². The zero-order valence-corrected chi connectivity index (χ0v) is 15.0. The minimum Gasteiger partial charge on any atom is -0.385 e. The third-order valence-corrected chi connectivity index (χ3v) is 5.04. The second kappa shape index (κ2) is 6.50. The Morgan fingerprint density at radius 1 is 1.20 bits per heavy atom. The molecule has 0 radical (unpaired) electrons. The van der Waals surface area contributed by atoms with Gasteiger partial charge in [-0.25, -0.2) is 0 Å². The van der Waals surface area contributed by atoms with Crippen LogP contribution in [0.25, 0.3) is 10.9 Å². The lowest BCUT2D eigenvalue weighted by atomic mass is 10.1. The maximum Gasteiger partial charge on any atom is 0.416 e. The summed E-state index contributed by atoms with van der Waals surface area (Å²) >= 11 is 10.5. The number of nitrogens with two attached hydrogens (primary N) is 1. The van der Waals surface area contributed by atoms with E-state index in [0.717, 1.165) is 28.6 Å². The van der Waals surface area contributed by atoms with Crippen molar-refractivity contribution in [3.63, 3.8) is 0 Å². The Bertz CT molecular complexity index is 948. The molecule has 1 aromatic heterocycles. The summed E-state index contributed by atoms with van der Waals surface area (Å²) in [6.45, 7) is 2.21. The molecule has 0 aliphatic rings. The highest BCUT2D eigenvalue weighted by molar-refractivity contribution is 7.80. The van der Waals surface area contributed by atoms with Gasteiger partial charge in [0.15, 0.2) is 0 Å². The number of rotatable bonds is 3. The van der Waals surface area contributed by atoms with Gasteiger partial charge in [0, 0.05) is 22.4 Å². The smallest absolute Gasteiger partial charge is 0.385 e. The summed E-state index contributed by atoms with van der Waals surface area (Å²) in [6, 6.07) is 8.86. The zero-order valence-electron chi connectivity index (χ0n) is 13.4. The van der Waals surface area contributed by atoms with Gasteiger partial charge in [0.2, 0.25) is 0 Å². The predicted octanol–water partition coefficient (Wildman–Crippen LogP) is 5.80. The highest BCUT2D eigenvalue weighted by Crippen LogP contribution is 2.35. The number of hydrogen-bond donors (Lipinski definition) is 2. The van der Waals surface area contributed by atoms with E-state index in [9.17, 15) is 13.2 Å². The van der Waals surface area contributed by atoms with Crippen LogP contribution < -0.4 is 5.73 Å². The van der Waals surface area contributed by atoms with Crippen LogP contribution in [0.2, 0.25) is 5.02 Å². The van der Waals surface area contributed by atoms with Gasteiger partial charge in [-0.15, -0.1) is 12.6 Å². The number of fused-ring (bicyclic) bond motifs is 1. The van der Waals surface area contributed by atoms with Crippen molar-refractivity contribution in [3.8, 4) is 0 Å². The Morgan fingerprint density at radius 3 is 2.56 bits per heavy atom. The molecule has 0 aliphatic carbocycles. The minimum atomic E-state index is -4.38. The third-order valence-electron chi connectivity index (χ3n) is 4.23. The topological polar surface area (TPSA) is 30.9 Å². The third kappa shape index (κ3) is 3.33. The predicted molar refractivity (Wildman–Crippen MR) is 98.5 cm³/mol. The molecule has 0 bridgehead atoms. The summed E-state index contributed by atoms with van der Waals surface area (Å²) in [4.78, 5) is 0.639. The van der Waals surface area contributed by atoms with Crippen molar-refractivity contribution in [1.29, 1.82) is 0 Å². The number of nitrogens with zero attached hydrogens (tertiary/aromatic N) is 1. The van der Waals surface area contributed by atoms with E-state index >= 15 is 0 Å². The van der Waals surface area contributed by atoms with E-state index in [1.54, 1.807) is 16.7 Å². The molecule has 3 aromatic rings. The van der Waals surface area contributed by atoms with Crippen LogP contribution in [-0.2, 0) is 19.1 Å². The van der Waals surface area contributed by atoms with Crippen LogP contribution in [0.3, 0.4) is 0 Å². The first kappa shape index (κ1) is 18.0. The normalized spacial score (nSPS) is 12.1. The molecule has 0 unspecified atom stereocenters. The van der Waals surface area contributed by atoms with Crippen molar-refractivity contribution < 1.29 is 13.2 Å². The summed E-state index contributed by atoms with van der Waals surface area (Å²) < 4.78 is 40.6. The van der Waals surface area contributed by atoms with E-state index < -0.39 is 11.7 Å². The van der Waals surface area contributed by atoms with Crippen LogP contribution in [-0.4, -0.2) is 4.57 Å². The highest BCUT2D eigenvalue weighted by atomic mass is 35.5. The Morgan fingerprint density at radius 2 is 1.92 bits per heavy atom. The number of hydrogen-bond acceptors (Lipinski definition) is 2. The van der Waals surface area contributed by atoms with Gasteiger partial charge in [-0.05, 0) is 36.2 Å². The summed E-state index contributed by atoms with van der Waals surface area (Å²) in [5, 5.41) is 1.39. The van der Waals surface area contributed by atoms with Gasteiger partial charge in [0.05, 0.1) is 16.1 Å². The summed E-state index contributed by atoms with van der Waals surface area (Å²) in [7, 11) is 0. The maximum absolute atomic E-state index is 12.9. The molecular weight excluding hydrogens is 369 g/mol. The standard InChI is InChI=1S/C18H16ClF3N2S/c1-2-12-13-7-16(25)14(19)8-15(13)24(17(12)23)9-10-4-3-5-11(6-10)18(20,21)22/h3-8,25H,2,9,23H2,1H3. The molecule has 1 heterocycles. The number of halogens is 4. The SMILES string of the molecule is CCc1c(N)n(Cc2cccc(C(F)(F)F)c2)c2cc(Cl)c(S)cc12. The van der Waals surface area contributed by atoms with E-state index in [4.69, 9.17) is 17.3 Å². The fourth-order valence-electron chi connectivity index (χ4n) is 3.02. The van der Waals surface area contributed by atoms with Crippen molar-refractivity contribution in [1.82, 2.24) is 4.57 Å². The molecule has 0 fully saturated rings. The Hall–Kier alpha value is -1.79. The monoisotopic (exact) mass is 384 g/mol. The lowest BCUT2D eigenvalue weighted by molar-refractivity contribution is -0.137. The van der Waals surface area contributed by atoms with Gasteiger partial charge in [0.1, 0.15) is 5.82 Å². The van der Waals surface area contributed by atoms with Crippen molar-refractivity contribution in [2.45, 2.75) is 31.0 Å². The molecule has 2 N–H and O–H groups in total. The van der Waals surface area contributed by atoms with E-state index in [2.05, 4.69) is 12.6 Å². The molecule has 2 nitrogen and oxygen atoms in total. The largest absolute Gasteiger partial charge is 0.416 e. The zero-order chi connectivity index (χ0) is 18.4. The molecule has 0 spiro atoms. The fourth-order valence-corrected chi connectivity index (χ4v) is 3.37. The average molecular weight is 385 g/mol. The van der Waals surface area contributed by atoms with Crippen LogP contribution in [0, 0.1) is 0 Å². The fraction of sp³-hybridized carbons (Fsp3) is 0.222. The Kier molecular flexibility index (Phi) is 4.68. The molecule has 25 heavy (non-hydrogen) atoms. The first-order chi connectivity index (χ1) is 11.7. The van der Waals surface area contributed by atoms with Crippen LogP contribution in [0.4, 0.5) is 19.0 Å². The first-order valence-corrected chi connectivity index (χ1v) is 8.50.